The van der Waals surface area contributed by atoms with Crippen LogP contribution in [-0.4, -0.2) is 60.5 Å². The van der Waals surface area contributed by atoms with Gasteiger partial charge in [-0.2, -0.15) is 0 Å². The van der Waals surface area contributed by atoms with Gasteiger partial charge < -0.3 is 25.2 Å². The Hall–Kier alpha value is -2.07. The maximum atomic E-state index is 12.7. The maximum Gasteiger partial charge on any atom is 0.472 e. The fourth-order valence-corrected chi connectivity index (χ4v) is 7.15. The molecule has 0 radical (unpaired) electrons. The van der Waals surface area contributed by atoms with E-state index < -0.39 is 45.1 Å². The molecule has 11 heteroatoms. The molecule has 0 fully saturated rings. The smallest absolute Gasteiger partial charge is 0.472 e. The number of nitrogens with two attached hydrogens (primary N) is 1. The van der Waals surface area contributed by atoms with Gasteiger partial charge in [0.05, 0.1) is 19.8 Å². The summed E-state index contributed by atoms with van der Waals surface area (Å²) in [5, 5.41) is 8.91. The van der Waals surface area contributed by atoms with E-state index in [9.17, 15) is 19.0 Å². The van der Waals surface area contributed by atoms with Crippen LogP contribution in [0.2, 0.25) is 0 Å². The molecule has 0 amide bonds. The van der Waals surface area contributed by atoms with Gasteiger partial charge in [0.15, 0.2) is 0 Å². The number of carbonyl (C=O) groups is 2. The molecule has 10 nitrogen and oxygen atoms in total. The van der Waals surface area contributed by atoms with E-state index in [2.05, 4.69) is 62.5 Å². The lowest BCUT2D eigenvalue weighted by molar-refractivity contribution is -0.154. The van der Waals surface area contributed by atoms with Crippen molar-refractivity contribution in [1.29, 1.82) is 0 Å². The van der Waals surface area contributed by atoms with Crippen LogP contribution in [0.25, 0.3) is 0 Å². The van der Waals surface area contributed by atoms with Crippen molar-refractivity contribution in [1.82, 2.24) is 0 Å². The molecule has 0 aliphatic heterocycles. The van der Waals surface area contributed by atoms with E-state index in [1.807, 2.05) is 0 Å². The van der Waals surface area contributed by atoms with Gasteiger partial charge in [0.25, 0.3) is 0 Å². The molecule has 0 heterocycles. The molecule has 344 valence electrons. The minimum absolute atomic E-state index is 0.0112. The second-order valence-electron chi connectivity index (χ2n) is 15.9. The number of phosphoric ester groups is 1. The number of carbonyl (C=O) groups excluding carboxylic acids is 1. The van der Waals surface area contributed by atoms with E-state index >= 15 is 0 Å². The van der Waals surface area contributed by atoms with Crippen molar-refractivity contribution in [2.45, 2.75) is 219 Å². The molecule has 0 saturated carbocycles. The molecule has 0 aromatic rings. The highest BCUT2D eigenvalue weighted by atomic mass is 31.2. The lowest BCUT2D eigenvalue weighted by Gasteiger charge is -2.20. The third-order valence-electron chi connectivity index (χ3n) is 10.1. The standard InChI is InChI=1S/C48H88NO9P/c1-3-5-7-9-11-13-15-17-19-21-22-23-25-27-29-31-33-35-37-39-41-55-42-45(43-56-59(53,54)57-44-46(49)48(51)52)58-47(50)40-38-36-34-32-30-28-26-24-20-18-16-14-12-10-8-6-4-2/h11-14,17-20,45-46H,3-10,15-16,21-44,49H2,1-2H3,(H,51,52)(H,53,54)/b13-11-,14-12-,19-17-,20-18-. The largest absolute Gasteiger partial charge is 0.480 e. The first-order valence-corrected chi connectivity index (χ1v) is 25.2. The number of phosphoric acid groups is 1. The Bertz CT molecular complexity index is 1130. The van der Waals surface area contributed by atoms with E-state index in [1.54, 1.807) is 0 Å². The Balaban J connectivity index is 4.20. The molecule has 0 aromatic carbocycles. The van der Waals surface area contributed by atoms with Crippen molar-refractivity contribution in [2.24, 2.45) is 5.73 Å². The van der Waals surface area contributed by atoms with Crippen molar-refractivity contribution < 1.29 is 42.7 Å². The zero-order chi connectivity index (χ0) is 43.3. The summed E-state index contributed by atoms with van der Waals surface area (Å²) < 4.78 is 33.4. The summed E-state index contributed by atoms with van der Waals surface area (Å²) in [7, 11) is -4.62. The number of hydrogen-bond acceptors (Lipinski definition) is 8. The highest BCUT2D eigenvalue weighted by molar-refractivity contribution is 7.47. The molecule has 0 saturated heterocycles. The highest BCUT2D eigenvalue weighted by Gasteiger charge is 2.27. The van der Waals surface area contributed by atoms with Gasteiger partial charge in [0, 0.05) is 13.0 Å². The topological polar surface area (TPSA) is 155 Å². The van der Waals surface area contributed by atoms with Gasteiger partial charge >= 0.3 is 19.8 Å². The minimum atomic E-state index is -4.62. The summed E-state index contributed by atoms with van der Waals surface area (Å²) in [6.07, 6.45) is 51.5. The average molecular weight is 854 g/mol. The van der Waals surface area contributed by atoms with Crippen molar-refractivity contribution in [3.8, 4) is 0 Å². The van der Waals surface area contributed by atoms with Gasteiger partial charge in [-0.25, -0.2) is 4.57 Å². The predicted octanol–water partition coefficient (Wildman–Crippen LogP) is 13.4. The third-order valence-corrected chi connectivity index (χ3v) is 11.0. The number of allylic oxidation sites excluding steroid dienone is 8. The summed E-state index contributed by atoms with van der Waals surface area (Å²) in [6.45, 7) is 3.83. The van der Waals surface area contributed by atoms with Crippen molar-refractivity contribution in [3.05, 3.63) is 48.6 Å². The highest BCUT2D eigenvalue weighted by Crippen LogP contribution is 2.43. The number of aliphatic carboxylic acids is 1. The molecule has 0 rings (SSSR count). The van der Waals surface area contributed by atoms with Crippen molar-refractivity contribution in [3.63, 3.8) is 0 Å². The van der Waals surface area contributed by atoms with Gasteiger partial charge in [-0.15, -0.1) is 0 Å². The summed E-state index contributed by atoms with van der Waals surface area (Å²) >= 11 is 0. The Kier molecular flexibility index (Phi) is 42.5. The van der Waals surface area contributed by atoms with E-state index in [0.717, 1.165) is 57.8 Å². The number of rotatable bonds is 45. The Morgan fingerprint density at radius 3 is 1.37 bits per heavy atom. The number of ether oxygens (including phenoxy) is 2. The Morgan fingerprint density at radius 1 is 0.542 bits per heavy atom. The number of unbranched alkanes of at least 4 members (excludes halogenated alkanes) is 23. The zero-order valence-electron chi connectivity index (χ0n) is 37.6. The van der Waals surface area contributed by atoms with Crippen molar-refractivity contribution >= 4 is 19.8 Å². The van der Waals surface area contributed by atoms with Crippen LogP contribution in [-0.2, 0) is 32.7 Å². The number of carboxylic acids is 1. The molecular weight excluding hydrogens is 765 g/mol. The van der Waals surface area contributed by atoms with Gasteiger partial charge in [0.1, 0.15) is 12.1 Å². The quantitative estimate of drug-likeness (QED) is 0.0233. The normalized spacial score (nSPS) is 14.2. The van der Waals surface area contributed by atoms with E-state index in [-0.39, 0.29) is 13.0 Å². The van der Waals surface area contributed by atoms with Crippen LogP contribution in [0.15, 0.2) is 48.6 Å². The minimum Gasteiger partial charge on any atom is -0.480 e. The van der Waals surface area contributed by atoms with Crippen LogP contribution in [0.4, 0.5) is 0 Å². The van der Waals surface area contributed by atoms with E-state index in [1.165, 1.54) is 122 Å². The third kappa shape index (κ3) is 43.8. The number of esters is 1. The number of hydrogen-bond donors (Lipinski definition) is 3. The summed E-state index contributed by atoms with van der Waals surface area (Å²) in [5.74, 6) is -1.79. The van der Waals surface area contributed by atoms with E-state index in [4.69, 9.17) is 29.4 Å². The van der Waals surface area contributed by atoms with Crippen LogP contribution in [0, 0.1) is 0 Å². The van der Waals surface area contributed by atoms with Crippen molar-refractivity contribution in [2.75, 3.05) is 26.4 Å². The first-order valence-electron chi connectivity index (χ1n) is 23.7. The molecule has 0 spiro atoms. The molecule has 59 heavy (non-hydrogen) atoms. The molecule has 3 unspecified atom stereocenters. The first kappa shape index (κ1) is 56.9. The molecule has 0 bridgehead atoms. The van der Waals surface area contributed by atoms with Gasteiger partial charge in [-0.3, -0.25) is 18.6 Å². The average Bonchev–Trinajstić information content (AvgIpc) is 3.21. The Morgan fingerprint density at radius 2 is 0.932 bits per heavy atom. The van der Waals surface area contributed by atoms with Crippen LogP contribution < -0.4 is 5.73 Å². The van der Waals surface area contributed by atoms with Gasteiger partial charge in [-0.1, -0.05) is 172 Å². The summed E-state index contributed by atoms with van der Waals surface area (Å²) in [4.78, 5) is 33.6. The van der Waals surface area contributed by atoms with Crippen LogP contribution in [0.5, 0.6) is 0 Å². The second-order valence-corrected chi connectivity index (χ2v) is 17.3. The molecule has 0 aliphatic carbocycles. The fourth-order valence-electron chi connectivity index (χ4n) is 6.37. The molecule has 0 aliphatic rings. The second kappa shape index (κ2) is 44.0. The van der Waals surface area contributed by atoms with E-state index in [0.29, 0.717) is 13.0 Å². The lowest BCUT2D eigenvalue weighted by atomic mass is 10.1. The predicted molar refractivity (Wildman–Crippen MR) is 244 cm³/mol. The molecular formula is C48H88NO9P. The Labute approximate surface area is 360 Å². The van der Waals surface area contributed by atoms with Crippen LogP contribution in [0.1, 0.15) is 206 Å². The van der Waals surface area contributed by atoms with Crippen LogP contribution in [0.3, 0.4) is 0 Å². The maximum absolute atomic E-state index is 12.7. The van der Waals surface area contributed by atoms with Gasteiger partial charge in [-0.05, 0) is 77.0 Å². The summed E-state index contributed by atoms with van der Waals surface area (Å²) in [6, 6.07) is -1.48. The molecule has 3 atom stereocenters. The lowest BCUT2D eigenvalue weighted by Crippen LogP contribution is -2.34. The molecule has 0 aromatic heterocycles. The molecule has 4 N–H and O–H groups in total. The van der Waals surface area contributed by atoms with Gasteiger partial charge in [0.2, 0.25) is 0 Å². The fraction of sp³-hybridized carbons (Fsp3) is 0.792. The zero-order valence-corrected chi connectivity index (χ0v) is 38.5. The van der Waals surface area contributed by atoms with Crippen LogP contribution >= 0.6 is 7.82 Å². The SMILES string of the molecule is CCCCC/C=C\C/C=C\CCCCCCCCCCCCOCC(COP(=O)(O)OCC(N)C(=O)O)OC(=O)CCCCCCCCC/C=C\C/C=C\CCCCC. The number of carboxylic acid groups (broad SMARTS) is 1. The summed E-state index contributed by atoms with van der Waals surface area (Å²) in [5.41, 5.74) is 5.36. The monoisotopic (exact) mass is 854 g/mol. The first-order chi connectivity index (χ1) is 28.7.